The normalized spacial score (nSPS) is 47.3. The Labute approximate surface area is 94.3 Å². The van der Waals surface area contributed by atoms with E-state index in [9.17, 15) is 0 Å². The lowest BCUT2D eigenvalue weighted by Crippen LogP contribution is -2.48. The Hall–Kier alpha value is -0.440. The minimum atomic E-state index is 0.517. The highest BCUT2D eigenvalue weighted by Gasteiger charge is 2.52. The summed E-state index contributed by atoms with van der Waals surface area (Å²) >= 11 is 1.65. The standard InChI is InChI=1S/C12H16N2S/c1-8-2-10-3-9(1)5-12(4-8,6-10)11-7-13-14-15-11/h7-10H,1-6H2. The van der Waals surface area contributed by atoms with Crippen LogP contribution in [0.2, 0.25) is 0 Å². The minimum absolute atomic E-state index is 0.517. The monoisotopic (exact) mass is 220 g/mol. The molecule has 0 radical (unpaired) electrons. The van der Waals surface area contributed by atoms with Crippen molar-refractivity contribution in [3.63, 3.8) is 0 Å². The van der Waals surface area contributed by atoms with E-state index in [1.807, 2.05) is 6.20 Å². The molecule has 4 aliphatic rings. The van der Waals surface area contributed by atoms with Crippen molar-refractivity contribution in [1.82, 2.24) is 9.59 Å². The van der Waals surface area contributed by atoms with E-state index in [0.717, 1.165) is 17.8 Å². The van der Waals surface area contributed by atoms with Gasteiger partial charge in [0.2, 0.25) is 0 Å². The number of nitrogens with zero attached hydrogens (tertiary/aromatic N) is 2. The summed E-state index contributed by atoms with van der Waals surface area (Å²) in [6.07, 6.45) is 10.9. The molecule has 0 atom stereocenters. The first-order chi connectivity index (χ1) is 7.34. The predicted octanol–water partition coefficient (Wildman–Crippen LogP) is 3.01. The van der Waals surface area contributed by atoms with Gasteiger partial charge in [-0.3, -0.25) is 0 Å². The van der Waals surface area contributed by atoms with E-state index in [1.54, 1.807) is 11.5 Å². The van der Waals surface area contributed by atoms with Crippen LogP contribution in [-0.4, -0.2) is 9.59 Å². The van der Waals surface area contributed by atoms with Gasteiger partial charge in [-0.25, -0.2) is 0 Å². The lowest BCUT2D eigenvalue weighted by molar-refractivity contribution is -0.00356. The highest BCUT2D eigenvalue weighted by molar-refractivity contribution is 7.05. The van der Waals surface area contributed by atoms with Gasteiger partial charge in [-0.2, -0.15) is 0 Å². The Bertz CT molecular complexity index is 336. The first-order valence-corrected chi connectivity index (χ1v) is 6.89. The molecule has 1 aromatic rings. The topological polar surface area (TPSA) is 25.8 Å². The lowest BCUT2D eigenvalue weighted by Gasteiger charge is -2.56. The van der Waals surface area contributed by atoms with Gasteiger partial charge in [0.25, 0.3) is 0 Å². The van der Waals surface area contributed by atoms with E-state index in [1.165, 1.54) is 43.4 Å². The largest absolute Gasteiger partial charge is 0.146 e. The molecule has 0 amide bonds. The molecule has 4 saturated carbocycles. The maximum absolute atomic E-state index is 4.07. The Balaban J connectivity index is 1.77. The molecule has 0 saturated heterocycles. The number of hydrogen-bond acceptors (Lipinski definition) is 3. The summed E-state index contributed by atoms with van der Waals surface area (Å²) in [6.45, 7) is 0. The fourth-order valence-electron chi connectivity index (χ4n) is 4.81. The van der Waals surface area contributed by atoms with Gasteiger partial charge in [0.15, 0.2) is 0 Å². The van der Waals surface area contributed by atoms with Crippen molar-refractivity contribution in [3.8, 4) is 0 Å². The highest BCUT2D eigenvalue weighted by Crippen LogP contribution is 2.61. The average molecular weight is 220 g/mol. The summed E-state index contributed by atoms with van der Waals surface area (Å²) in [6, 6.07) is 0. The van der Waals surface area contributed by atoms with E-state index in [0.29, 0.717) is 5.41 Å². The molecule has 80 valence electrons. The van der Waals surface area contributed by atoms with Gasteiger partial charge in [0.05, 0.1) is 11.1 Å². The quantitative estimate of drug-likeness (QED) is 0.727. The molecule has 3 heteroatoms. The molecule has 0 aromatic carbocycles. The Morgan fingerprint density at radius 2 is 1.67 bits per heavy atom. The molecule has 4 bridgehead atoms. The van der Waals surface area contributed by atoms with Gasteiger partial charge in [-0.05, 0) is 67.8 Å². The zero-order valence-electron chi connectivity index (χ0n) is 8.85. The molecule has 1 heterocycles. The van der Waals surface area contributed by atoms with E-state index >= 15 is 0 Å². The molecule has 5 rings (SSSR count). The van der Waals surface area contributed by atoms with Crippen molar-refractivity contribution < 1.29 is 0 Å². The molecule has 0 unspecified atom stereocenters. The van der Waals surface area contributed by atoms with E-state index in [2.05, 4.69) is 9.59 Å². The predicted molar refractivity (Wildman–Crippen MR) is 59.8 cm³/mol. The molecule has 15 heavy (non-hydrogen) atoms. The summed E-state index contributed by atoms with van der Waals surface area (Å²) in [5.74, 6) is 3.08. The van der Waals surface area contributed by atoms with Crippen molar-refractivity contribution in [3.05, 3.63) is 11.1 Å². The van der Waals surface area contributed by atoms with Gasteiger partial charge in [0.1, 0.15) is 0 Å². The third-order valence-corrected chi connectivity index (χ3v) is 5.83. The maximum Gasteiger partial charge on any atom is 0.0658 e. The highest BCUT2D eigenvalue weighted by atomic mass is 32.1. The van der Waals surface area contributed by atoms with Crippen molar-refractivity contribution in [2.75, 3.05) is 0 Å². The van der Waals surface area contributed by atoms with Gasteiger partial charge >= 0.3 is 0 Å². The minimum Gasteiger partial charge on any atom is -0.146 e. The van der Waals surface area contributed by atoms with Gasteiger partial charge in [-0.1, -0.05) is 4.49 Å². The second-order valence-electron chi connectivity index (χ2n) is 5.98. The summed E-state index contributed by atoms with van der Waals surface area (Å²) in [4.78, 5) is 1.49. The Morgan fingerprint density at radius 3 is 2.13 bits per heavy atom. The zero-order chi connectivity index (χ0) is 9.88. The van der Waals surface area contributed by atoms with Crippen LogP contribution in [0.5, 0.6) is 0 Å². The van der Waals surface area contributed by atoms with Crippen LogP contribution in [0.1, 0.15) is 43.4 Å². The summed E-state index contributed by atoms with van der Waals surface area (Å²) in [7, 11) is 0. The summed E-state index contributed by atoms with van der Waals surface area (Å²) < 4.78 is 4.07. The van der Waals surface area contributed by atoms with Crippen LogP contribution in [0.15, 0.2) is 6.20 Å². The molecule has 0 spiro atoms. The van der Waals surface area contributed by atoms with Crippen LogP contribution >= 0.6 is 11.5 Å². The second kappa shape index (κ2) is 2.82. The van der Waals surface area contributed by atoms with E-state index < -0.39 is 0 Å². The first-order valence-electron chi connectivity index (χ1n) is 6.12. The van der Waals surface area contributed by atoms with Crippen LogP contribution < -0.4 is 0 Å². The van der Waals surface area contributed by atoms with Crippen LogP contribution in [0.4, 0.5) is 0 Å². The fraction of sp³-hybridized carbons (Fsp3) is 0.833. The lowest BCUT2D eigenvalue weighted by atomic mass is 9.49. The van der Waals surface area contributed by atoms with E-state index in [-0.39, 0.29) is 0 Å². The maximum atomic E-state index is 4.07. The summed E-state index contributed by atoms with van der Waals surface area (Å²) in [5, 5.41) is 4.05. The van der Waals surface area contributed by atoms with Gasteiger partial charge in [0, 0.05) is 5.41 Å². The van der Waals surface area contributed by atoms with Crippen molar-refractivity contribution in [2.24, 2.45) is 17.8 Å². The van der Waals surface area contributed by atoms with E-state index in [4.69, 9.17) is 0 Å². The number of aromatic nitrogens is 2. The molecule has 0 N–H and O–H groups in total. The van der Waals surface area contributed by atoms with Gasteiger partial charge in [-0.15, -0.1) is 5.10 Å². The van der Waals surface area contributed by atoms with Crippen molar-refractivity contribution in [2.45, 2.75) is 43.9 Å². The number of hydrogen-bond donors (Lipinski definition) is 0. The van der Waals surface area contributed by atoms with Gasteiger partial charge < -0.3 is 0 Å². The molecule has 4 aliphatic carbocycles. The third kappa shape index (κ3) is 1.16. The molecule has 0 aliphatic heterocycles. The Morgan fingerprint density at radius 1 is 1.07 bits per heavy atom. The van der Waals surface area contributed by atoms with Crippen molar-refractivity contribution >= 4 is 11.5 Å². The van der Waals surface area contributed by atoms with Crippen LogP contribution in [0.3, 0.4) is 0 Å². The summed E-state index contributed by atoms with van der Waals surface area (Å²) in [5.41, 5.74) is 0.517. The first kappa shape index (κ1) is 8.68. The smallest absolute Gasteiger partial charge is 0.0658 e. The number of rotatable bonds is 1. The second-order valence-corrected chi connectivity index (χ2v) is 6.77. The molecular weight excluding hydrogens is 204 g/mol. The molecule has 2 nitrogen and oxygen atoms in total. The Kier molecular flexibility index (Phi) is 1.63. The fourth-order valence-corrected chi connectivity index (χ4v) is 5.53. The van der Waals surface area contributed by atoms with Crippen LogP contribution in [0.25, 0.3) is 0 Å². The average Bonchev–Trinajstić information content (AvgIpc) is 2.67. The third-order valence-electron chi connectivity index (χ3n) is 4.92. The SMILES string of the molecule is c1nnsc1C12CC3CC(CC(C3)C1)C2. The van der Waals surface area contributed by atoms with Crippen molar-refractivity contribution in [1.29, 1.82) is 0 Å². The van der Waals surface area contributed by atoms with Crippen LogP contribution in [-0.2, 0) is 5.41 Å². The zero-order valence-corrected chi connectivity index (χ0v) is 9.67. The molecule has 4 fully saturated rings. The van der Waals surface area contributed by atoms with Crippen LogP contribution in [0, 0.1) is 17.8 Å². The molecular formula is C12H16N2S. The molecule has 1 aromatic heterocycles.